The van der Waals surface area contributed by atoms with E-state index in [2.05, 4.69) is 22.1 Å². The number of hydrogen-bond acceptors (Lipinski definition) is 5. The fourth-order valence-corrected chi connectivity index (χ4v) is 3.78. The van der Waals surface area contributed by atoms with Gasteiger partial charge in [-0.3, -0.25) is 4.99 Å². The summed E-state index contributed by atoms with van der Waals surface area (Å²) in [6.07, 6.45) is 4.18. The van der Waals surface area contributed by atoms with E-state index in [0.29, 0.717) is 19.3 Å². The zero-order valence-electron chi connectivity index (χ0n) is 17.7. The highest BCUT2D eigenvalue weighted by Gasteiger charge is 2.24. The van der Waals surface area contributed by atoms with Gasteiger partial charge in [-0.25, -0.2) is 0 Å². The molecule has 3 rings (SSSR count). The van der Waals surface area contributed by atoms with Gasteiger partial charge in [0.05, 0.1) is 38.6 Å². The molecule has 0 bridgehead atoms. The van der Waals surface area contributed by atoms with E-state index in [1.807, 2.05) is 24.3 Å². The van der Waals surface area contributed by atoms with Crippen molar-refractivity contribution < 1.29 is 19.3 Å². The van der Waals surface area contributed by atoms with Crippen molar-refractivity contribution in [2.24, 2.45) is 4.99 Å². The highest BCUT2D eigenvalue weighted by molar-refractivity contribution is 5.80. The van der Waals surface area contributed by atoms with E-state index in [1.165, 1.54) is 0 Å². The second-order valence-electron chi connectivity index (χ2n) is 7.64. The van der Waals surface area contributed by atoms with Crippen LogP contribution in [0.3, 0.4) is 0 Å². The van der Waals surface area contributed by atoms with Gasteiger partial charge in [0, 0.05) is 26.2 Å². The molecule has 0 radical (unpaired) electrons. The highest BCUT2D eigenvalue weighted by Crippen LogP contribution is 2.20. The summed E-state index contributed by atoms with van der Waals surface area (Å²) in [7, 11) is 1.63. The molecule has 7 heteroatoms. The number of piperidine rings is 1. The van der Waals surface area contributed by atoms with E-state index in [-0.39, 0.29) is 6.10 Å². The van der Waals surface area contributed by atoms with E-state index in [9.17, 15) is 5.11 Å². The summed E-state index contributed by atoms with van der Waals surface area (Å²) in [5, 5.41) is 13.8. The van der Waals surface area contributed by atoms with Gasteiger partial charge >= 0.3 is 0 Å². The van der Waals surface area contributed by atoms with Gasteiger partial charge < -0.3 is 29.5 Å². The summed E-state index contributed by atoms with van der Waals surface area (Å²) in [6, 6.07) is 7.47. The number of aliphatic hydroxyl groups excluding tert-OH is 1. The lowest BCUT2D eigenvalue weighted by atomic mass is 10.1. The third-order valence-electron chi connectivity index (χ3n) is 5.53. The van der Waals surface area contributed by atoms with Gasteiger partial charge in [-0.15, -0.1) is 0 Å². The van der Waals surface area contributed by atoms with Crippen LogP contribution >= 0.6 is 0 Å². The summed E-state index contributed by atoms with van der Waals surface area (Å²) in [5.74, 6) is 1.64. The van der Waals surface area contributed by atoms with E-state index in [0.717, 1.165) is 69.2 Å². The van der Waals surface area contributed by atoms with Gasteiger partial charge in [0.1, 0.15) is 5.75 Å². The molecule has 2 heterocycles. The Labute approximate surface area is 174 Å². The molecule has 0 aromatic heterocycles. The van der Waals surface area contributed by atoms with Crippen molar-refractivity contribution in [2.75, 3.05) is 46.5 Å². The molecule has 2 atom stereocenters. The summed E-state index contributed by atoms with van der Waals surface area (Å²) in [6.45, 7) is 6.58. The maximum absolute atomic E-state index is 10.5. The highest BCUT2D eigenvalue weighted by atomic mass is 16.5. The normalized spacial score (nSPS) is 22.0. The van der Waals surface area contributed by atoms with Crippen LogP contribution in [0.15, 0.2) is 29.3 Å². The number of aliphatic hydroxyl groups is 1. The lowest BCUT2D eigenvalue weighted by Crippen LogP contribution is -2.47. The largest absolute Gasteiger partial charge is 0.497 e. The zero-order chi connectivity index (χ0) is 20.5. The third-order valence-corrected chi connectivity index (χ3v) is 5.53. The monoisotopic (exact) mass is 405 g/mol. The number of guanidine groups is 1. The minimum absolute atomic E-state index is 0.284. The molecule has 0 aliphatic carbocycles. The number of hydrogen-bond donors (Lipinski definition) is 2. The summed E-state index contributed by atoms with van der Waals surface area (Å²) < 4.78 is 16.9. The smallest absolute Gasteiger partial charge is 0.194 e. The predicted octanol–water partition coefficient (Wildman–Crippen LogP) is 2.35. The average Bonchev–Trinajstić information content (AvgIpc) is 3.29. The molecule has 162 valence electrons. The Morgan fingerprint density at radius 2 is 2.03 bits per heavy atom. The van der Waals surface area contributed by atoms with Gasteiger partial charge in [-0.1, -0.05) is 12.1 Å². The first-order chi connectivity index (χ1) is 14.2. The first-order valence-corrected chi connectivity index (χ1v) is 10.8. The molecular formula is C22H35N3O4. The van der Waals surface area contributed by atoms with Gasteiger partial charge in [0.2, 0.25) is 0 Å². The van der Waals surface area contributed by atoms with E-state index in [4.69, 9.17) is 14.2 Å². The second-order valence-corrected chi connectivity index (χ2v) is 7.64. The quantitative estimate of drug-likeness (QED) is 0.511. The number of aliphatic imine (C=N–C) groups is 1. The lowest BCUT2D eigenvalue weighted by molar-refractivity contribution is -0.0367. The topological polar surface area (TPSA) is 75.6 Å². The Morgan fingerprint density at radius 3 is 2.66 bits per heavy atom. The van der Waals surface area contributed by atoms with Crippen LogP contribution in [0, 0.1) is 0 Å². The van der Waals surface area contributed by atoms with Crippen molar-refractivity contribution in [3.05, 3.63) is 29.8 Å². The number of benzene rings is 1. The van der Waals surface area contributed by atoms with Crippen molar-refractivity contribution in [2.45, 2.75) is 50.9 Å². The molecule has 2 aliphatic heterocycles. The van der Waals surface area contributed by atoms with Crippen LogP contribution in [0.25, 0.3) is 0 Å². The molecule has 2 fully saturated rings. The molecule has 2 N–H and O–H groups in total. The summed E-state index contributed by atoms with van der Waals surface area (Å²) in [5.41, 5.74) is 0.839. The minimum Gasteiger partial charge on any atom is -0.497 e. The van der Waals surface area contributed by atoms with Crippen LogP contribution in [0.5, 0.6) is 5.75 Å². The van der Waals surface area contributed by atoms with E-state index < -0.39 is 6.10 Å². The van der Waals surface area contributed by atoms with Crippen molar-refractivity contribution in [1.29, 1.82) is 0 Å². The Hall–Kier alpha value is -1.83. The Bertz CT molecular complexity index is 623. The fourth-order valence-electron chi connectivity index (χ4n) is 3.78. The lowest BCUT2D eigenvalue weighted by Gasteiger charge is -2.34. The van der Waals surface area contributed by atoms with Gasteiger partial charge in [-0.2, -0.15) is 0 Å². The SMILES string of the molecule is CCNC(=NCC(O)c1ccc(OC)cc1)N1CCC(OCC2CCCO2)CC1. The Kier molecular flexibility index (Phi) is 8.58. The number of methoxy groups -OCH3 is 1. The third kappa shape index (κ3) is 6.59. The minimum atomic E-state index is -0.637. The molecule has 0 saturated carbocycles. The van der Waals surface area contributed by atoms with Gasteiger partial charge in [0.15, 0.2) is 5.96 Å². The average molecular weight is 406 g/mol. The number of likely N-dealkylation sites (tertiary alicyclic amines) is 1. The van der Waals surface area contributed by atoms with Crippen LogP contribution in [-0.4, -0.2) is 74.7 Å². The first-order valence-electron chi connectivity index (χ1n) is 10.8. The van der Waals surface area contributed by atoms with Gasteiger partial charge in [0.25, 0.3) is 0 Å². The number of nitrogens with zero attached hydrogens (tertiary/aromatic N) is 2. The van der Waals surface area contributed by atoms with Crippen LogP contribution < -0.4 is 10.1 Å². The Morgan fingerprint density at radius 1 is 1.28 bits per heavy atom. The van der Waals surface area contributed by atoms with Crippen molar-refractivity contribution in [1.82, 2.24) is 10.2 Å². The van der Waals surface area contributed by atoms with Crippen LogP contribution in [0.4, 0.5) is 0 Å². The molecule has 1 aromatic carbocycles. The van der Waals surface area contributed by atoms with E-state index >= 15 is 0 Å². The van der Waals surface area contributed by atoms with Crippen LogP contribution in [0.2, 0.25) is 0 Å². The molecule has 1 aromatic rings. The molecule has 2 saturated heterocycles. The van der Waals surface area contributed by atoms with Gasteiger partial charge in [-0.05, 0) is 50.3 Å². The maximum Gasteiger partial charge on any atom is 0.194 e. The number of ether oxygens (including phenoxy) is 3. The molecule has 2 unspecified atom stereocenters. The van der Waals surface area contributed by atoms with Crippen molar-refractivity contribution >= 4 is 5.96 Å². The molecular weight excluding hydrogens is 370 g/mol. The molecule has 7 nitrogen and oxygen atoms in total. The summed E-state index contributed by atoms with van der Waals surface area (Å²) >= 11 is 0. The van der Waals surface area contributed by atoms with Crippen molar-refractivity contribution in [3.63, 3.8) is 0 Å². The summed E-state index contributed by atoms with van der Waals surface area (Å²) in [4.78, 5) is 6.94. The Balaban J connectivity index is 1.48. The van der Waals surface area contributed by atoms with Crippen LogP contribution in [-0.2, 0) is 9.47 Å². The van der Waals surface area contributed by atoms with Crippen LogP contribution in [0.1, 0.15) is 44.3 Å². The fraction of sp³-hybridized carbons (Fsp3) is 0.682. The first kappa shape index (κ1) is 21.9. The number of rotatable bonds is 8. The molecule has 0 amide bonds. The number of nitrogens with one attached hydrogen (secondary N) is 1. The van der Waals surface area contributed by atoms with E-state index in [1.54, 1.807) is 7.11 Å². The molecule has 0 spiro atoms. The molecule has 2 aliphatic rings. The predicted molar refractivity (Wildman–Crippen MR) is 113 cm³/mol. The maximum atomic E-state index is 10.5. The second kappa shape index (κ2) is 11.4. The zero-order valence-corrected chi connectivity index (χ0v) is 17.7. The standard InChI is InChI=1S/C22H35N3O4/c1-3-23-22(24-15-21(26)17-6-8-18(27-2)9-7-17)25-12-10-19(11-13-25)29-16-20-5-4-14-28-20/h6-9,19-21,26H,3-5,10-16H2,1-2H3,(H,23,24). The molecule has 29 heavy (non-hydrogen) atoms. The van der Waals surface area contributed by atoms with Crippen molar-refractivity contribution in [3.8, 4) is 5.75 Å².